The highest BCUT2D eigenvalue weighted by Crippen LogP contribution is 2.11. The maximum atomic E-state index is 12.7. The number of hydrogen-bond acceptors (Lipinski definition) is 4. The molecular formula is C18H27FN2O4. The molecular weight excluding hydrogens is 327 g/mol. The van der Waals surface area contributed by atoms with Crippen LogP contribution in [-0.2, 0) is 9.53 Å². The molecule has 0 aliphatic heterocycles. The van der Waals surface area contributed by atoms with Crippen LogP contribution in [0.3, 0.4) is 0 Å². The highest BCUT2D eigenvalue weighted by atomic mass is 19.1. The molecule has 0 unspecified atom stereocenters. The lowest BCUT2D eigenvalue weighted by molar-refractivity contribution is -0.120. The molecule has 0 bridgehead atoms. The summed E-state index contributed by atoms with van der Waals surface area (Å²) in [5.74, 6) is 0.199. The monoisotopic (exact) mass is 354 g/mol. The van der Waals surface area contributed by atoms with Gasteiger partial charge in [-0.1, -0.05) is 0 Å². The Hall–Kier alpha value is -2.31. The van der Waals surface area contributed by atoms with E-state index in [1.807, 2.05) is 0 Å². The highest BCUT2D eigenvalue weighted by Gasteiger charge is 2.15. The molecule has 1 aromatic rings. The van der Waals surface area contributed by atoms with Gasteiger partial charge in [0.1, 0.15) is 17.2 Å². The fourth-order valence-corrected chi connectivity index (χ4v) is 1.86. The number of alkyl carbamates (subject to hydrolysis) is 1. The van der Waals surface area contributed by atoms with E-state index in [1.54, 1.807) is 32.9 Å². The van der Waals surface area contributed by atoms with Gasteiger partial charge in [0.15, 0.2) is 0 Å². The average molecular weight is 354 g/mol. The maximum absolute atomic E-state index is 12.7. The fraction of sp³-hybridized carbons (Fsp3) is 0.556. The third-order valence-corrected chi connectivity index (χ3v) is 3.00. The summed E-state index contributed by atoms with van der Waals surface area (Å²) in [7, 11) is 0. The number of benzene rings is 1. The van der Waals surface area contributed by atoms with Gasteiger partial charge in [-0.05, 0) is 57.9 Å². The van der Waals surface area contributed by atoms with E-state index in [0.717, 1.165) is 12.8 Å². The van der Waals surface area contributed by atoms with Crippen molar-refractivity contribution >= 4 is 12.0 Å². The van der Waals surface area contributed by atoms with Crippen LogP contribution >= 0.6 is 0 Å². The molecule has 25 heavy (non-hydrogen) atoms. The number of carbonyl (C=O) groups is 2. The molecule has 0 spiro atoms. The number of ether oxygens (including phenoxy) is 2. The van der Waals surface area contributed by atoms with Crippen LogP contribution in [0, 0.1) is 5.82 Å². The normalized spacial score (nSPS) is 10.9. The van der Waals surface area contributed by atoms with Crippen LogP contribution in [0.2, 0.25) is 0 Å². The van der Waals surface area contributed by atoms with E-state index in [0.29, 0.717) is 18.9 Å². The summed E-state index contributed by atoms with van der Waals surface area (Å²) < 4.78 is 23.3. The first-order valence-corrected chi connectivity index (χ1v) is 8.38. The Morgan fingerprint density at radius 3 is 2.36 bits per heavy atom. The van der Waals surface area contributed by atoms with Gasteiger partial charge in [0, 0.05) is 19.5 Å². The Bertz CT molecular complexity index is 541. The van der Waals surface area contributed by atoms with Crippen LogP contribution in [0.4, 0.5) is 9.18 Å². The summed E-state index contributed by atoms with van der Waals surface area (Å²) in [4.78, 5) is 23.0. The molecule has 0 aliphatic carbocycles. The van der Waals surface area contributed by atoms with Crippen molar-refractivity contribution in [2.24, 2.45) is 0 Å². The minimum absolute atomic E-state index is 0.129. The van der Waals surface area contributed by atoms with E-state index >= 15 is 0 Å². The minimum atomic E-state index is -0.553. The molecule has 140 valence electrons. The molecule has 6 nitrogen and oxygen atoms in total. The zero-order chi connectivity index (χ0) is 18.7. The molecule has 0 aliphatic rings. The number of amides is 2. The number of rotatable bonds is 9. The summed E-state index contributed by atoms with van der Waals surface area (Å²) in [6.07, 6.45) is 1.21. The predicted molar refractivity (Wildman–Crippen MR) is 93.0 cm³/mol. The van der Waals surface area contributed by atoms with Crippen molar-refractivity contribution in [3.05, 3.63) is 30.1 Å². The van der Waals surface area contributed by atoms with E-state index < -0.39 is 11.7 Å². The van der Waals surface area contributed by atoms with Crippen LogP contribution in [0.1, 0.15) is 40.0 Å². The zero-order valence-corrected chi connectivity index (χ0v) is 15.1. The van der Waals surface area contributed by atoms with Crippen LogP contribution in [0.15, 0.2) is 24.3 Å². The Balaban J connectivity index is 2.00. The van der Waals surface area contributed by atoms with E-state index in [2.05, 4.69) is 10.6 Å². The Morgan fingerprint density at radius 2 is 1.72 bits per heavy atom. The number of hydrogen-bond donors (Lipinski definition) is 2. The average Bonchev–Trinajstić information content (AvgIpc) is 2.50. The number of carbonyl (C=O) groups excluding carboxylic acids is 2. The van der Waals surface area contributed by atoms with Crippen LogP contribution in [-0.4, -0.2) is 37.3 Å². The van der Waals surface area contributed by atoms with Gasteiger partial charge in [-0.3, -0.25) is 4.79 Å². The van der Waals surface area contributed by atoms with Crippen LogP contribution < -0.4 is 15.4 Å². The lowest BCUT2D eigenvalue weighted by Gasteiger charge is -2.19. The van der Waals surface area contributed by atoms with E-state index in [9.17, 15) is 14.0 Å². The van der Waals surface area contributed by atoms with Crippen molar-refractivity contribution in [2.75, 3.05) is 19.7 Å². The first-order valence-electron chi connectivity index (χ1n) is 8.38. The minimum Gasteiger partial charge on any atom is -0.494 e. The van der Waals surface area contributed by atoms with E-state index in [1.165, 1.54) is 12.1 Å². The lowest BCUT2D eigenvalue weighted by Crippen LogP contribution is -2.35. The predicted octanol–water partition coefficient (Wildman–Crippen LogP) is 3.02. The molecule has 2 amide bonds. The Labute approximate surface area is 148 Å². The molecule has 7 heteroatoms. The first-order chi connectivity index (χ1) is 11.8. The van der Waals surface area contributed by atoms with Gasteiger partial charge in [0.25, 0.3) is 0 Å². The van der Waals surface area contributed by atoms with Gasteiger partial charge in [-0.2, -0.15) is 0 Å². The summed E-state index contributed by atoms with van der Waals surface area (Å²) >= 11 is 0. The van der Waals surface area contributed by atoms with Gasteiger partial charge in [-0.15, -0.1) is 0 Å². The zero-order valence-electron chi connectivity index (χ0n) is 15.1. The molecule has 0 atom stereocenters. The molecule has 0 aromatic heterocycles. The quantitative estimate of drug-likeness (QED) is 0.669. The van der Waals surface area contributed by atoms with Crippen molar-refractivity contribution in [3.8, 4) is 5.75 Å². The van der Waals surface area contributed by atoms with Crippen molar-refractivity contribution in [1.82, 2.24) is 10.6 Å². The van der Waals surface area contributed by atoms with E-state index in [-0.39, 0.29) is 24.7 Å². The van der Waals surface area contributed by atoms with Gasteiger partial charge < -0.3 is 20.1 Å². The second-order valence-corrected chi connectivity index (χ2v) is 6.54. The van der Waals surface area contributed by atoms with E-state index in [4.69, 9.17) is 9.47 Å². The Kier molecular flexibility index (Phi) is 8.74. The first kappa shape index (κ1) is 20.7. The third-order valence-electron chi connectivity index (χ3n) is 3.00. The van der Waals surface area contributed by atoms with Gasteiger partial charge >= 0.3 is 6.09 Å². The number of nitrogens with one attached hydrogen (secondary N) is 2. The fourth-order valence-electron chi connectivity index (χ4n) is 1.86. The molecule has 1 rings (SSSR count). The smallest absolute Gasteiger partial charge is 0.407 e. The number of halogens is 1. The SMILES string of the molecule is CC(C)(C)OC(=O)NCCC(=O)NCCCCOc1ccc(F)cc1. The third kappa shape index (κ3) is 11.0. The molecule has 0 saturated carbocycles. The molecule has 2 N–H and O–H groups in total. The highest BCUT2D eigenvalue weighted by molar-refractivity contribution is 5.76. The van der Waals surface area contributed by atoms with Crippen LogP contribution in [0.5, 0.6) is 5.75 Å². The topological polar surface area (TPSA) is 76.7 Å². The Morgan fingerprint density at radius 1 is 1.04 bits per heavy atom. The van der Waals surface area contributed by atoms with Gasteiger partial charge in [-0.25, -0.2) is 9.18 Å². The standard InChI is InChI=1S/C18H27FN2O4/c1-18(2,3)25-17(23)21-12-10-16(22)20-11-4-5-13-24-15-8-6-14(19)7-9-15/h6-9H,4-5,10-13H2,1-3H3,(H,20,22)(H,21,23). The lowest BCUT2D eigenvalue weighted by atomic mass is 10.2. The summed E-state index contributed by atoms with van der Waals surface area (Å²) in [5.41, 5.74) is -0.553. The second kappa shape index (κ2) is 10.5. The summed E-state index contributed by atoms with van der Waals surface area (Å²) in [5, 5.41) is 5.31. The van der Waals surface area contributed by atoms with Crippen molar-refractivity contribution in [2.45, 2.75) is 45.6 Å². The van der Waals surface area contributed by atoms with Crippen molar-refractivity contribution in [1.29, 1.82) is 0 Å². The summed E-state index contributed by atoms with van der Waals surface area (Å²) in [6.45, 7) is 6.60. The second-order valence-electron chi connectivity index (χ2n) is 6.54. The summed E-state index contributed by atoms with van der Waals surface area (Å²) in [6, 6.07) is 5.85. The molecule has 0 fully saturated rings. The molecule has 0 saturated heterocycles. The van der Waals surface area contributed by atoms with Crippen molar-refractivity contribution < 1.29 is 23.5 Å². The molecule has 0 heterocycles. The number of unbranched alkanes of at least 4 members (excludes halogenated alkanes) is 1. The van der Waals surface area contributed by atoms with Crippen molar-refractivity contribution in [3.63, 3.8) is 0 Å². The molecule has 0 radical (unpaired) electrons. The van der Waals surface area contributed by atoms with Gasteiger partial charge in [0.2, 0.25) is 5.91 Å². The maximum Gasteiger partial charge on any atom is 0.407 e. The largest absolute Gasteiger partial charge is 0.494 e. The van der Waals surface area contributed by atoms with Gasteiger partial charge in [0.05, 0.1) is 6.61 Å². The molecule has 1 aromatic carbocycles. The van der Waals surface area contributed by atoms with Crippen LogP contribution in [0.25, 0.3) is 0 Å².